The molecule has 0 spiro atoms. The monoisotopic (exact) mass is 270 g/mol. The Labute approximate surface area is 120 Å². The number of aromatic nitrogens is 3. The van der Waals surface area contributed by atoms with Gasteiger partial charge in [-0.3, -0.25) is 0 Å². The molecule has 3 atom stereocenters. The quantitative estimate of drug-likeness (QED) is 0.928. The van der Waals surface area contributed by atoms with Gasteiger partial charge in [0.1, 0.15) is 0 Å². The highest BCUT2D eigenvalue weighted by atomic mass is 15.5. The maximum absolute atomic E-state index is 4.14. The van der Waals surface area contributed by atoms with E-state index in [1.165, 1.54) is 24.9 Å². The van der Waals surface area contributed by atoms with Crippen molar-refractivity contribution in [2.24, 2.45) is 11.8 Å². The molecule has 1 aromatic heterocycles. The SMILES string of the molecule is CC1CCC(C)C(Nc2ccc(-n3nccn3)cc2)C1. The number of nitrogens with one attached hydrogen (secondary N) is 1. The van der Waals surface area contributed by atoms with Gasteiger partial charge < -0.3 is 5.32 Å². The third-order valence-corrected chi connectivity index (χ3v) is 4.33. The predicted octanol–water partition coefficient (Wildman–Crippen LogP) is 3.50. The van der Waals surface area contributed by atoms with Gasteiger partial charge in [-0.2, -0.15) is 15.0 Å². The Morgan fingerprint density at radius 3 is 2.45 bits per heavy atom. The predicted molar refractivity (Wildman–Crippen MR) is 80.9 cm³/mol. The molecule has 106 valence electrons. The van der Waals surface area contributed by atoms with Gasteiger partial charge in [0.15, 0.2) is 0 Å². The third kappa shape index (κ3) is 2.84. The number of hydrogen-bond donors (Lipinski definition) is 1. The molecule has 1 N–H and O–H groups in total. The van der Waals surface area contributed by atoms with Crippen LogP contribution < -0.4 is 5.32 Å². The summed E-state index contributed by atoms with van der Waals surface area (Å²) < 4.78 is 0. The maximum atomic E-state index is 4.14. The van der Waals surface area contributed by atoms with Crippen LogP contribution in [0.25, 0.3) is 5.69 Å². The molecule has 1 heterocycles. The fraction of sp³-hybridized carbons (Fsp3) is 0.500. The number of hydrogen-bond acceptors (Lipinski definition) is 3. The Bertz CT molecular complexity index is 532. The minimum absolute atomic E-state index is 0.590. The average molecular weight is 270 g/mol. The maximum Gasteiger partial charge on any atom is 0.0858 e. The van der Waals surface area contributed by atoms with E-state index in [-0.39, 0.29) is 0 Å². The van der Waals surface area contributed by atoms with E-state index >= 15 is 0 Å². The molecule has 1 aliphatic carbocycles. The third-order valence-electron chi connectivity index (χ3n) is 4.33. The molecular weight excluding hydrogens is 248 g/mol. The molecule has 1 aromatic carbocycles. The number of rotatable bonds is 3. The highest BCUT2D eigenvalue weighted by molar-refractivity contribution is 5.48. The average Bonchev–Trinajstić information content (AvgIpc) is 2.98. The van der Waals surface area contributed by atoms with Crippen LogP contribution in [0, 0.1) is 11.8 Å². The van der Waals surface area contributed by atoms with Crippen LogP contribution in [0.4, 0.5) is 5.69 Å². The molecule has 0 amide bonds. The molecule has 4 nitrogen and oxygen atoms in total. The summed E-state index contributed by atoms with van der Waals surface area (Å²) in [5.74, 6) is 1.58. The second-order valence-electron chi connectivity index (χ2n) is 6.01. The van der Waals surface area contributed by atoms with Gasteiger partial charge >= 0.3 is 0 Å². The minimum atomic E-state index is 0.590. The summed E-state index contributed by atoms with van der Waals surface area (Å²) >= 11 is 0. The van der Waals surface area contributed by atoms with Gasteiger partial charge in [0, 0.05) is 11.7 Å². The first-order valence-electron chi connectivity index (χ1n) is 7.45. The van der Waals surface area contributed by atoms with Crippen LogP contribution in [0.1, 0.15) is 33.1 Å². The summed E-state index contributed by atoms with van der Waals surface area (Å²) in [6.45, 7) is 4.71. The van der Waals surface area contributed by atoms with Crippen molar-refractivity contribution in [1.29, 1.82) is 0 Å². The topological polar surface area (TPSA) is 42.7 Å². The van der Waals surface area contributed by atoms with Crippen molar-refractivity contribution < 1.29 is 0 Å². The Morgan fingerprint density at radius 2 is 1.75 bits per heavy atom. The van der Waals surface area contributed by atoms with Gasteiger partial charge in [0.2, 0.25) is 0 Å². The summed E-state index contributed by atoms with van der Waals surface area (Å²) in [7, 11) is 0. The molecule has 1 aliphatic rings. The molecular formula is C16H22N4. The first-order chi connectivity index (χ1) is 9.72. The molecule has 3 rings (SSSR count). The summed E-state index contributed by atoms with van der Waals surface area (Å²) in [5.41, 5.74) is 2.18. The van der Waals surface area contributed by atoms with E-state index in [0.717, 1.165) is 17.5 Å². The smallest absolute Gasteiger partial charge is 0.0858 e. The molecule has 0 radical (unpaired) electrons. The Hall–Kier alpha value is -1.84. The molecule has 0 bridgehead atoms. The normalized spacial score (nSPS) is 26.4. The highest BCUT2D eigenvalue weighted by Crippen LogP contribution is 2.30. The van der Waals surface area contributed by atoms with E-state index in [4.69, 9.17) is 0 Å². The fourth-order valence-corrected chi connectivity index (χ4v) is 2.99. The molecule has 3 unspecified atom stereocenters. The van der Waals surface area contributed by atoms with Crippen molar-refractivity contribution in [3.63, 3.8) is 0 Å². The zero-order chi connectivity index (χ0) is 13.9. The van der Waals surface area contributed by atoms with Gasteiger partial charge in [-0.1, -0.05) is 20.3 Å². The molecule has 4 heteroatoms. The van der Waals surface area contributed by atoms with Crippen molar-refractivity contribution in [3.8, 4) is 5.69 Å². The molecule has 20 heavy (non-hydrogen) atoms. The Morgan fingerprint density at radius 1 is 1.05 bits per heavy atom. The lowest BCUT2D eigenvalue weighted by Gasteiger charge is -2.34. The van der Waals surface area contributed by atoms with E-state index in [9.17, 15) is 0 Å². The first kappa shape index (κ1) is 13.2. The van der Waals surface area contributed by atoms with Gasteiger partial charge in [0.25, 0.3) is 0 Å². The fourth-order valence-electron chi connectivity index (χ4n) is 2.99. The van der Waals surface area contributed by atoms with Gasteiger partial charge in [-0.15, -0.1) is 0 Å². The number of benzene rings is 1. The summed E-state index contributed by atoms with van der Waals surface area (Å²) in [6, 6.07) is 8.93. The van der Waals surface area contributed by atoms with Crippen LogP contribution in [-0.4, -0.2) is 21.0 Å². The first-order valence-corrected chi connectivity index (χ1v) is 7.45. The van der Waals surface area contributed by atoms with Gasteiger partial charge in [0.05, 0.1) is 18.1 Å². The highest BCUT2D eigenvalue weighted by Gasteiger charge is 2.25. The lowest BCUT2D eigenvalue weighted by atomic mass is 9.80. The van der Waals surface area contributed by atoms with E-state index in [1.54, 1.807) is 17.2 Å². The zero-order valence-corrected chi connectivity index (χ0v) is 12.2. The van der Waals surface area contributed by atoms with Crippen LogP contribution >= 0.6 is 0 Å². The molecule has 0 saturated heterocycles. The van der Waals surface area contributed by atoms with Crippen molar-refractivity contribution in [1.82, 2.24) is 15.0 Å². The Kier molecular flexibility index (Phi) is 3.72. The van der Waals surface area contributed by atoms with Crippen LogP contribution in [0.3, 0.4) is 0 Å². The van der Waals surface area contributed by atoms with E-state index in [2.05, 4.69) is 53.6 Å². The van der Waals surface area contributed by atoms with Crippen molar-refractivity contribution >= 4 is 5.69 Å². The number of anilines is 1. The van der Waals surface area contributed by atoms with Crippen molar-refractivity contribution in [3.05, 3.63) is 36.7 Å². The molecule has 0 aliphatic heterocycles. The summed E-state index contributed by atoms with van der Waals surface area (Å²) in [4.78, 5) is 1.63. The van der Waals surface area contributed by atoms with E-state index in [0.29, 0.717) is 6.04 Å². The molecule has 1 saturated carbocycles. The van der Waals surface area contributed by atoms with Crippen molar-refractivity contribution in [2.75, 3.05) is 5.32 Å². The van der Waals surface area contributed by atoms with E-state index < -0.39 is 0 Å². The standard InChI is InChI=1S/C16H22N4/c1-12-3-4-13(2)16(11-12)19-14-5-7-15(8-6-14)20-17-9-10-18-20/h5-10,12-13,16,19H,3-4,11H2,1-2H3. The summed E-state index contributed by atoms with van der Waals surface area (Å²) in [5, 5.41) is 12.0. The van der Waals surface area contributed by atoms with Crippen LogP contribution in [0.2, 0.25) is 0 Å². The van der Waals surface area contributed by atoms with Crippen LogP contribution in [-0.2, 0) is 0 Å². The largest absolute Gasteiger partial charge is 0.382 e. The molecule has 1 fully saturated rings. The molecule has 2 aromatic rings. The van der Waals surface area contributed by atoms with E-state index in [1.807, 2.05) is 0 Å². The van der Waals surface area contributed by atoms with Crippen LogP contribution in [0.5, 0.6) is 0 Å². The second kappa shape index (κ2) is 5.65. The summed E-state index contributed by atoms with van der Waals surface area (Å²) in [6.07, 6.45) is 7.34. The lowest BCUT2D eigenvalue weighted by Crippen LogP contribution is -2.33. The minimum Gasteiger partial charge on any atom is -0.382 e. The van der Waals surface area contributed by atoms with Crippen molar-refractivity contribution in [2.45, 2.75) is 39.2 Å². The number of nitrogens with zero attached hydrogens (tertiary/aromatic N) is 3. The second-order valence-corrected chi connectivity index (χ2v) is 6.01. The Balaban J connectivity index is 1.69. The van der Waals surface area contributed by atoms with Gasteiger partial charge in [-0.05, 0) is 48.9 Å². The van der Waals surface area contributed by atoms with Gasteiger partial charge in [-0.25, -0.2) is 0 Å². The lowest BCUT2D eigenvalue weighted by molar-refractivity contribution is 0.281. The zero-order valence-electron chi connectivity index (χ0n) is 12.2. The van der Waals surface area contributed by atoms with Crippen LogP contribution in [0.15, 0.2) is 36.7 Å².